The summed E-state index contributed by atoms with van der Waals surface area (Å²) in [5.41, 5.74) is 7.85. The second-order valence-corrected chi connectivity index (χ2v) is 3.96. The number of rotatable bonds is 6. The molecule has 0 heterocycles. The lowest BCUT2D eigenvalue weighted by molar-refractivity contribution is 0.414. The van der Waals surface area contributed by atoms with Gasteiger partial charge in [0.25, 0.3) is 0 Å². The largest absolute Gasteiger partial charge is 0.497 e. The molecule has 0 saturated heterocycles. The molecular weight excluding hydrogens is 202 g/mol. The lowest BCUT2D eigenvalue weighted by Gasteiger charge is -2.14. The number of hydrogen-bond donors (Lipinski definition) is 2. The number of likely N-dealkylation sites (N-methyl/N-ethyl adjacent to an activating group) is 1. The maximum Gasteiger partial charge on any atom is 0.120 e. The Morgan fingerprint density at radius 1 is 1.38 bits per heavy atom. The van der Waals surface area contributed by atoms with Crippen molar-refractivity contribution in [1.82, 2.24) is 4.90 Å². The second-order valence-electron chi connectivity index (χ2n) is 3.96. The molecule has 0 unspecified atom stereocenters. The highest BCUT2D eigenvalue weighted by Crippen LogP contribution is 2.21. The average molecular weight is 223 g/mol. The molecule has 0 bridgehead atoms. The number of methoxy groups -OCH3 is 1. The van der Waals surface area contributed by atoms with Crippen molar-refractivity contribution >= 4 is 5.69 Å². The number of anilines is 1. The Kier molecular flexibility index (Phi) is 5.08. The maximum atomic E-state index is 5.68. The topological polar surface area (TPSA) is 50.5 Å². The standard InChI is InChI=1S/C12H21N3O/c1-15(2)7-6-14-12-8-11(16-3)5-4-10(12)9-13/h4-5,8,14H,6-7,9,13H2,1-3H3. The van der Waals surface area contributed by atoms with Gasteiger partial charge in [0.1, 0.15) is 5.75 Å². The fourth-order valence-electron chi connectivity index (χ4n) is 1.44. The van der Waals surface area contributed by atoms with Gasteiger partial charge in [-0.15, -0.1) is 0 Å². The van der Waals surface area contributed by atoms with E-state index < -0.39 is 0 Å². The van der Waals surface area contributed by atoms with Gasteiger partial charge in [0.05, 0.1) is 7.11 Å². The summed E-state index contributed by atoms with van der Waals surface area (Å²) in [7, 11) is 5.77. The van der Waals surface area contributed by atoms with Crippen LogP contribution in [0.3, 0.4) is 0 Å². The third-order valence-corrected chi connectivity index (χ3v) is 2.41. The number of hydrogen-bond acceptors (Lipinski definition) is 4. The van der Waals surface area contributed by atoms with Gasteiger partial charge in [-0.1, -0.05) is 6.07 Å². The summed E-state index contributed by atoms with van der Waals surface area (Å²) in [4.78, 5) is 2.13. The first kappa shape index (κ1) is 12.8. The molecule has 0 radical (unpaired) electrons. The van der Waals surface area contributed by atoms with Crippen molar-refractivity contribution in [3.63, 3.8) is 0 Å². The molecule has 0 aromatic heterocycles. The van der Waals surface area contributed by atoms with Crippen molar-refractivity contribution in [3.8, 4) is 5.75 Å². The van der Waals surface area contributed by atoms with Gasteiger partial charge in [-0.25, -0.2) is 0 Å². The van der Waals surface area contributed by atoms with Crippen molar-refractivity contribution in [1.29, 1.82) is 0 Å². The van der Waals surface area contributed by atoms with Crippen LogP contribution in [0, 0.1) is 0 Å². The summed E-state index contributed by atoms with van der Waals surface area (Å²) in [5, 5.41) is 3.37. The molecule has 1 aromatic rings. The number of nitrogens with two attached hydrogens (primary N) is 1. The van der Waals surface area contributed by atoms with Crippen LogP contribution in [0.15, 0.2) is 18.2 Å². The maximum absolute atomic E-state index is 5.68. The van der Waals surface area contributed by atoms with Gasteiger partial charge in [0.15, 0.2) is 0 Å². The van der Waals surface area contributed by atoms with E-state index >= 15 is 0 Å². The van der Waals surface area contributed by atoms with Crippen molar-refractivity contribution < 1.29 is 4.74 Å². The third-order valence-electron chi connectivity index (χ3n) is 2.41. The van der Waals surface area contributed by atoms with E-state index in [9.17, 15) is 0 Å². The fraction of sp³-hybridized carbons (Fsp3) is 0.500. The van der Waals surface area contributed by atoms with Crippen LogP contribution in [0.5, 0.6) is 5.75 Å². The van der Waals surface area contributed by atoms with E-state index in [1.807, 2.05) is 18.2 Å². The smallest absolute Gasteiger partial charge is 0.120 e. The van der Waals surface area contributed by atoms with Crippen molar-refractivity contribution in [2.24, 2.45) is 5.73 Å². The third kappa shape index (κ3) is 3.72. The number of nitrogens with one attached hydrogen (secondary N) is 1. The van der Waals surface area contributed by atoms with Crippen molar-refractivity contribution in [2.75, 3.05) is 39.6 Å². The number of nitrogens with zero attached hydrogens (tertiary/aromatic N) is 1. The highest BCUT2D eigenvalue weighted by Gasteiger charge is 2.02. The molecule has 0 atom stereocenters. The predicted molar refractivity (Wildman–Crippen MR) is 67.9 cm³/mol. The fourth-order valence-corrected chi connectivity index (χ4v) is 1.44. The van der Waals surface area contributed by atoms with E-state index in [1.54, 1.807) is 7.11 Å². The second kappa shape index (κ2) is 6.35. The molecule has 0 aliphatic heterocycles. The Bertz CT molecular complexity index is 326. The normalized spacial score (nSPS) is 10.6. The van der Waals surface area contributed by atoms with Gasteiger partial charge in [0, 0.05) is 31.4 Å². The zero-order chi connectivity index (χ0) is 12.0. The molecule has 4 heteroatoms. The Labute approximate surface area is 97.4 Å². The van der Waals surface area contributed by atoms with Crippen LogP contribution in [0.2, 0.25) is 0 Å². The Morgan fingerprint density at radius 2 is 2.12 bits per heavy atom. The Morgan fingerprint density at radius 3 is 2.69 bits per heavy atom. The lowest BCUT2D eigenvalue weighted by Crippen LogP contribution is -2.21. The Balaban J connectivity index is 2.67. The van der Waals surface area contributed by atoms with Crippen LogP contribution in [-0.4, -0.2) is 39.2 Å². The summed E-state index contributed by atoms with van der Waals surface area (Å²) < 4.78 is 5.19. The van der Waals surface area contributed by atoms with Gasteiger partial charge in [0.2, 0.25) is 0 Å². The first-order valence-corrected chi connectivity index (χ1v) is 5.43. The van der Waals surface area contributed by atoms with Gasteiger partial charge in [-0.3, -0.25) is 0 Å². The van der Waals surface area contributed by atoms with Crippen LogP contribution in [0.4, 0.5) is 5.69 Å². The summed E-state index contributed by atoms with van der Waals surface area (Å²) >= 11 is 0. The average Bonchev–Trinajstić information content (AvgIpc) is 2.28. The molecule has 16 heavy (non-hydrogen) atoms. The van der Waals surface area contributed by atoms with E-state index in [-0.39, 0.29) is 0 Å². The summed E-state index contributed by atoms with van der Waals surface area (Å²) in [6.07, 6.45) is 0. The van der Waals surface area contributed by atoms with Gasteiger partial charge >= 0.3 is 0 Å². The highest BCUT2D eigenvalue weighted by molar-refractivity contribution is 5.55. The number of benzene rings is 1. The monoisotopic (exact) mass is 223 g/mol. The minimum atomic E-state index is 0.536. The summed E-state index contributed by atoms with van der Waals surface area (Å²) in [6.45, 7) is 2.42. The first-order valence-electron chi connectivity index (χ1n) is 5.43. The molecule has 0 aliphatic rings. The summed E-state index contributed by atoms with van der Waals surface area (Å²) in [6, 6.07) is 5.91. The molecule has 0 spiro atoms. The lowest BCUT2D eigenvalue weighted by atomic mass is 10.1. The highest BCUT2D eigenvalue weighted by atomic mass is 16.5. The molecule has 0 fully saturated rings. The van der Waals surface area contributed by atoms with Crippen LogP contribution in [0.1, 0.15) is 5.56 Å². The zero-order valence-corrected chi connectivity index (χ0v) is 10.3. The molecular formula is C12H21N3O. The summed E-state index contributed by atoms with van der Waals surface area (Å²) in [5.74, 6) is 0.851. The van der Waals surface area contributed by atoms with E-state index in [2.05, 4.69) is 24.3 Å². The quantitative estimate of drug-likeness (QED) is 0.759. The van der Waals surface area contributed by atoms with Crippen molar-refractivity contribution in [3.05, 3.63) is 23.8 Å². The minimum absolute atomic E-state index is 0.536. The zero-order valence-electron chi connectivity index (χ0n) is 10.3. The van der Waals surface area contributed by atoms with E-state index in [1.165, 1.54) is 0 Å². The molecule has 3 N–H and O–H groups in total. The van der Waals surface area contributed by atoms with Gasteiger partial charge in [-0.05, 0) is 25.7 Å². The SMILES string of the molecule is COc1ccc(CN)c(NCCN(C)C)c1. The molecule has 0 saturated carbocycles. The van der Waals surface area contributed by atoms with Gasteiger partial charge < -0.3 is 20.7 Å². The van der Waals surface area contributed by atoms with Gasteiger partial charge in [-0.2, -0.15) is 0 Å². The Hall–Kier alpha value is -1.26. The van der Waals surface area contributed by atoms with Crippen molar-refractivity contribution in [2.45, 2.75) is 6.54 Å². The minimum Gasteiger partial charge on any atom is -0.497 e. The van der Waals surface area contributed by atoms with Crippen LogP contribution < -0.4 is 15.8 Å². The molecule has 1 aromatic carbocycles. The molecule has 90 valence electrons. The van der Waals surface area contributed by atoms with E-state index in [0.29, 0.717) is 6.54 Å². The van der Waals surface area contributed by atoms with E-state index in [0.717, 1.165) is 30.1 Å². The van der Waals surface area contributed by atoms with E-state index in [4.69, 9.17) is 10.5 Å². The first-order chi connectivity index (χ1) is 7.67. The van der Waals surface area contributed by atoms with Crippen LogP contribution in [-0.2, 0) is 6.54 Å². The molecule has 1 rings (SSSR count). The van der Waals surface area contributed by atoms with Crippen LogP contribution in [0.25, 0.3) is 0 Å². The molecule has 0 aliphatic carbocycles. The van der Waals surface area contributed by atoms with Crippen LogP contribution >= 0.6 is 0 Å². The number of ether oxygens (including phenoxy) is 1. The molecule has 4 nitrogen and oxygen atoms in total. The predicted octanol–water partition coefficient (Wildman–Crippen LogP) is 1.13. The molecule has 0 amide bonds.